The maximum Gasteiger partial charge on any atom is 0.469 e. The van der Waals surface area contributed by atoms with Crippen LogP contribution in [0.3, 0.4) is 0 Å². The third-order valence-corrected chi connectivity index (χ3v) is 6.67. The molecule has 1 aromatic heterocycles. The second kappa shape index (κ2) is 6.46. The van der Waals surface area contributed by atoms with Gasteiger partial charge in [0.2, 0.25) is 0 Å². The monoisotopic (exact) mass is 341 g/mol. The van der Waals surface area contributed by atoms with Crippen molar-refractivity contribution in [3.05, 3.63) is 22.4 Å². The average molecular weight is 341 g/mol. The fourth-order valence-corrected chi connectivity index (χ4v) is 4.59. The van der Waals surface area contributed by atoms with Gasteiger partial charge in [-0.3, -0.25) is 0 Å². The van der Waals surface area contributed by atoms with E-state index in [1.54, 1.807) is 18.3 Å². The van der Waals surface area contributed by atoms with Gasteiger partial charge in [-0.25, -0.2) is 0 Å². The number of aliphatic hydroxyl groups is 2. The van der Waals surface area contributed by atoms with Crippen molar-refractivity contribution in [3.8, 4) is 0 Å². The summed E-state index contributed by atoms with van der Waals surface area (Å²) < 4.78 is 0. The third-order valence-electron chi connectivity index (χ3n) is 5.93. The first-order valence-corrected chi connectivity index (χ1v) is 9.03. The molecule has 0 saturated heterocycles. The highest BCUT2D eigenvalue weighted by atomic mass is 32.1. The Balaban J connectivity index is 0.000000168. The van der Waals surface area contributed by atoms with Gasteiger partial charge < -0.3 is 26.0 Å². The lowest BCUT2D eigenvalue weighted by Crippen LogP contribution is -2.74. The maximum atomic E-state index is 10.2. The van der Waals surface area contributed by atoms with Crippen LogP contribution < -0.4 is 5.73 Å². The summed E-state index contributed by atoms with van der Waals surface area (Å²) in [5.41, 5.74) is 4.68. The molecule has 3 aliphatic carbocycles. The van der Waals surface area contributed by atoms with Crippen molar-refractivity contribution in [2.24, 2.45) is 17.1 Å². The molecule has 1 aromatic rings. The molecule has 3 fully saturated rings. The number of fused-ring (bicyclic) bond motifs is 2. The van der Waals surface area contributed by atoms with Gasteiger partial charge in [0.05, 0.1) is 11.2 Å². The topological polar surface area (TPSA) is 107 Å². The predicted octanol–water partition coefficient (Wildman–Crippen LogP) is 0.938. The van der Waals surface area contributed by atoms with Crippen molar-refractivity contribution < 1.29 is 20.3 Å². The molecule has 3 saturated carbocycles. The van der Waals surface area contributed by atoms with E-state index in [1.807, 2.05) is 16.8 Å². The first-order chi connectivity index (χ1) is 10.5. The van der Waals surface area contributed by atoms with E-state index in [4.69, 9.17) is 15.8 Å². The van der Waals surface area contributed by atoms with Gasteiger partial charge in [0.1, 0.15) is 0 Å². The third kappa shape index (κ3) is 3.36. The first kappa shape index (κ1) is 18.9. The standard InChI is InChI=1S/C10H18O2.C6H10BNO2S/c1-8(2)7-4-5-9(3,11)10(8,12)6-7;8-6(7(9)10)3-5-1-2-11-4-5/h7,11-12H,4-6H2,1-3H3;1-2,4,6,9-10H,3,8H2/t;6-/m.0/s1. The summed E-state index contributed by atoms with van der Waals surface area (Å²) in [6.45, 7) is 5.90. The largest absolute Gasteiger partial charge is 0.469 e. The Morgan fingerprint density at radius 2 is 2.00 bits per heavy atom. The number of nitrogens with two attached hydrogens (primary N) is 1. The fraction of sp³-hybridized carbons (Fsp3) is 0.750. The minimum absolute atomic E-state index is 0.0885. The van der Waals surface area contributed by atoms with Crippen LogP contribution in [0.25, 0.3) is 0 Å². The van der Waals surface area contributed by atoms with E-state index < -0.39 is 24.3 Å². The second-order valence-corrected chi connectivity index (χ2v) is 8.49. The number of hydrogen-bond donors (Lipinski definition) is 5. The van der Waals surface area contributed by atoms with Crippen LogP contribution in [0.5, 0.6) is 0 Å². The highest BCUT2D eigenvalue weighted by Crippen LogP contribution is 2.65. The number of thiophene rings is 1. The van der Waals surface area contributed by atoms with Gasteiger partial charge in [-0.1, -0.05) is 13.8 Å². The van der Waals surface area contributed by atoms with Crippen molar-refractivity contribution in [2.45, 2.75) is 63.6 Å². The average Bonchev–Trinajstić information content (AvgIpc) is 2.95. The zero-order valence-electron chi connectivity index (χ0n) is 14.1. The Morgan fingerprint density at radius 1 is 1.35 bits per heavy atom. The maximum absolute atomic E-state index is 10.2. The van der Waals surface area contributed by atoms with E-state index in [1.165, 1.54) is 0 Å². The van der Waals surface area contributed by atoms with Crippen LogP contribution in [0.1, 0.15) is 45.6 Å². The quantitative estimate of drug-likeness (QED) is 0.526. The summed E-state index contributed by atoms with van der Waals surface area (Å²) >= 11 is 1.57. The van der Waals surface area contributed by atoms with Gasteiger partial charge in [-0.15, -0.1) is 0 Å². The smallest absolute Gasteiger partial charge is 0.426 e. The molecular formula is C16H28BNO4S. The van der Waals surface area contributed by atoms with Crippen LogP contribution >= 0.6 is 11.3 Å². The molecular weight excluding hydrogens is 313 g/mol. The summed E-state index contributed by atoms with van der Waals surface area (Å²) in [5, 5.41) is 41.5. The summed E-state index contributed by atoms with van der Waals surface area (Å²) in [7, 11) is -1.42. The molecule has 5 nitrogen and oxygen atoms in total. The lowest BCUT2D eigenvalue weighted by Gasteiger charge is -2.68. The normalized spacial score (nSPS) is 35.6. The molecule has 6 N–H and O–H groups in total. The molecule has 0 amide bonds. The van der Waals surface area contributed by atoms with Crippen LogP contribution in [0.15, 0.2) is 16.8 Å². The highest BCUT2D eigenvalue weighted by molar-refractivity contribution is 7.07. The minimum atomic E-state index is -1.42. The summed E-state index contributed by atoms with van der Waals surface area (Å²) in [6.07, 6.45) is 3.11. The van der Waals surface area contributed by atoms with Crippen LogP contribution in [0.4, 0.5) is 0 Å². The molecule has 4 atom stereocenters. The van der Waals surface area contributed by atoms with Crippen molar-refractivity contribution in [2.75, 3.05) is 0 Å². The van der Waals surface area contributed by atoms with Gasteiger partial charge in [0, 0.05) is 5.94 Å². The molecule has 0 spiro atoms. The SMILES string of the molecule is CC1(O)CCC2CC1(O)C2(C)C.N[C@@H](Cc1ccsc1)B(O)O. The van der Waals surface area contributed by atoms with Crippen LogP contribution in [-0.4, -0.2) is 44.5 Å². The zero-order valence-corrected chi connectivity index (χ0v) is 14.9. The molecule has 7 heteroatoms. The second-order valence-electron chi connectivity index (χ2n) is 7.71. The zero-order chi connectivity index (χ0) is 17.5. The lowest BCUT2D eigenvalue weighted by atomic mass is 9.41. The van der Waals surface area contributed by atoms with Crippen molar-refractivity contribution >= 4 is 18.5 Å². The van der Waals surface area contributed by atoms with E-state index >= 15 is 0 Å². The summed E-state index contributed by atoms with van der Waals surface area (Å²) in [5.74, 6) is 0.0346. The predicted molar refractivity (Wildman–Crippen MR) is 92.9 cm³/mol. The molecule has 3 aliphatic rings. The van der Waals surface area contributed by atoms with Gasteiger partial charge in [-0.2, -0.15) is 11.3 Å². The molecule has 0 aromatic carbocycles. The Morgan fingerprint density at radius 3 is 2.39 bits per heavy atom. The molecule has 0 radical (unpaired) electrons. The molecule has 23 heavy (non-hydrogen) atoms. The Bertz CT molecular complexity index is 510. The molecule has 2 bridgehead atoms. The van der Waals surface area contributed by atoms with E-state index in [2.05, 4.69) is 13.8 Å². The Kier molecular flexibility index (Phi) is 5.31. The fourth-order valence-electron chi connectivity index (χ4n) is 3.91. The molecule has 0 aliphatic heterocycles. The van der Waals surface area contributed by atoms with Crippen molar-refractivity contribution in [3.63, 3.8) is 0 Å². The van der Waals surface area contributed by atoms with Gasteiger partial charge in [0.25, 0.3) is 0 Å². The van der Waals surface area contributed by atoms with Gasteiger partial charge in [-0.05, 0) is 66.3 Å². The Labute approximate surface area is 142 Å². The van der Waals surface area contributed by atoms with Crippen LogP contribution in [0, 0.1) is 11.3 Å². The van der Waals surface area contributed by atoms with E-state index in [-0.39, 0.29) is 5.41 Å². The number of rotatable bonds is 3. The van der Waals surface area contributed by atoms with Gasteiger partial charge >= 0.3 is 7.12 Å². The van der Waals surface area contributed by atoms with Crippen molar-refractivity contribution in [1.29, 1.82) is 0 Å². The van der Waals surface area contributed by atoms with E-state index in [0.29, 0.717) is 12.3 Å². The van der Waals surface area contributed by atoms with E-state index in [0.717, 1.165) is 24.8 Å². The molecule has 1 heterocycles. The van der Waals surface area contributed by atoms with Gasteiger partial charge in [0.15, 0.2) is 0 Å². The molecule has 3 unspecified atom stereocenters. The number of hydrogen-bond acceptors (Lipinski definition) is 6. The lowest BCUT2D eigenvalue weighted by molar-refractivity contribution is -0.312. The van der Waals surface area contributed by atoms with E-state index in [9.17, 15) is 10.2 Å². The first-order valence-electron chi connectivity index (χ1n) is 8.09. The highest BCUT2D eigenvalue weighted by Gasteiger charge is 2.69. The summed E-state index contributed by atoms with van der Waals surface area (Å²) in [6, 6.07) is 1.92. The van der Waals surface area contributed by atoms with Crippen LogP contribution in [0.2, 0.25) is 0 Å². The minimum Gasteiger partial charge on any atom is -0.426 e. The molecule has 4 rings (SSSR count). The summed E-state index contributed by atoms with van der Waals surface area (Å²) in [4.78, 5) is 0. The van der Waals surface area contributed by atoms with Crippen LogP contribution in [-0.2, 0) is 6.42 Å². The van der Waals surface area contributed by atoms with Crippen molar-refractivity contribution in [1.82, 2.24) is 0 Å². The molecule has 130 valence electrons. The Hall–Kier alpha value is -0.435.